The van der Waals surface area contributed by atoms with E-state index in [0.717, 1.165) is 44.8 Å². The summed E-state index contributed by atoms with van der Waals surface area (Å²) < 4.78 is 0. The van der Waals surface area contributed by atoms with Crippen LogP contribution in [0.1, 0.15) is 37.6 Å². The van der Waals surface area contributed by atoms with Crippen molar-refractivity contribution in [1.29, 1.82) is 0 Å². The second-order valence-corrected chi connectivity index (χ2v) is 5.10. The van der Waals surface area contributed by atoms with Crippen molar-refractivity contribution in [3.63, 3.8) is 0 Å². The van der Waals surface area contributed by atoms with Crippen LogP contribution >= 0.6 is 0 Å². The number of rotatable bonds is 9. The SMILES string of the molecule is CCN(CC)CCCN(CC)c1cc(C(N)=O)ccc1N. The zero-order valence-electron chi connectivity index (χ0n) is 13.4. The summed E-state index contributed by atoms with van der Waals surface area (Å²) in [5, 5.41) is 0. The number of carbonyl (C=O) groups excluding carboxylic acids is 1. The number of nitrogens with two attached hydrogens (primary N) is 2. The number of primary amides is 1. The summed E-state index contributed by atoms with van der Waals surface area (Å²) in [6, 6.07) is 5.21. The summed E-state index contributed by atoms with van der Waals surface area (Å²) in [5.74, 6) is -0.421. The Kier molecular flexibility index (Phi) is 7.02. The Labute approximate surface area is 127 Å². The fourth-order valence-corrected chi connectivity index (χ4v) is 2.44. The third kappa shape index (κ3) is 4.93. The Morgan fingerprint density at radius 2 is 1.76 bits per heavy atom. The van der Waals surface area contributed by atoms with Crippen LogP contribution in [0, 0.1) is 0 Å². The minimum atomic E-state index is -0.421. The predicted octanol–water partition coefficient (Wildman–Crippen LogP) is 1.93. The zero-order valence-corrected chi connectivity index (χ0v) is 13.4. The molecule has 4 N–H and O–H groups in total. The highest BCUT2D eigenvalue weighted by Crippen LogP contribution is 2.24. The Hall–Kier alpha value is -1.75. The highest BCUT2D eigenvalue weighted by atomic mass is 16.1. The van der Waals surface area contributed by atoms with E-state index in [1.807, 2.05) is 0 Å². The maximum Gasteiger partial charge on any atom is 0.248 e. The highest BCUT2D eigenvalue weighted by molar-refractivity contribution is 5.95. The number of nitrogen functional groups attached to an aromatic ring is 1. The number of anilines is 2. The molecule has 0 aromatic heterocycles. The molecule has 1 amide bonds. The van der Waals surface area contributed by atoms with Crippen LogP contribution in [0.5, 0.6) is 0 Å². The molecular weight excluding hydrogens is 264 g/mol. The van der Waals surface area contributed by atoms with Gasteiger partial charge in [-0.25, -0.2) is 0 Å². The number of nitrogens with zero attached hydrogens (tertiary/aromatic N) is 2. The first-order chi connectivity index (χ1) is 10.0. The van der Waals surface area contributed by atoms with Crippen LogP contribution in [-0.4, -0.2) is 43.5 Å². The summed E-state index contributed by atoms with van der Waals surface area (Å²) >= 11 is 0. The summed E-state index contributed by atoms with van der Waals surface area (Å²) in [7, 11) is 0. The van der Waals surface area contributed by atoms with Crippen LogP contribution in [0.4, 0.5) is 11.4 Å². The van der Waals surface area contributed by atoms with E-state index in [9.17, 15) is 4.79 Å². The van der Waals surface area contributed by atoms with Gasteiger partial charge in [0.1, 0.15) is 0 Å². The first-order valence-electron chi connectivity index (χ1n) is 7.70. The number of benzene rings is 1. The van der Waals surface area contributed by atoms with Gasteiger partial charge in [0, 0.05) is 18.7 Å². The number of carbonyl (C=O) groups is 1. The molecule has 1 rings (SSSR count). The molecule has 0 atom stereocenters. The molecule has 0 unspecified atom stereocenters. The van der Waals surface area contributed by atoms with Crippen LogP contribution in [0.2, 0.25) is 0 Å². The van der Waals surface area contributed by atoms with Crippen LogP contribution in [-0.2, 0) is 0 Å². The van der Waals surface area contributed by atoms with Crippen LogP contribution in [0.25, 0.3) is 0 Å². The Morgan fingerprint density at radius 1 is 1.10 bits per heavy atom. The molecule has 1 aromatic carbocycles. The van der Waals surface area contributed by atoms with Gasteiger partial charge in [-0.2, -0.15) is 0 Å². The molecule has 5 nitrogen and oxygen atoms in total. The van der Waals surface area contributed by atoms with Gasteiger partial charge in [0.25, 0.3) is 0 Å². The van der Waals surface area contributed by atoms with E-state index in [2.05, 4.69) is 30.6 Å². The predicted molar refractivity (Wildman–Crippen MR) is 89.7 cm³/mol. The first kappa shape index (κ1) is 17.3. The van der Waals surface area contributed by atoms with Crippen LogP contribution in [0.15, 0.2) is 18.2 Å². The average Bonchev–Trinajstić information content (AvgIpc) is 2.48. The second kappa shape index (κ2) is 8.52. The van der Waals surface area contributed by atoms with Crippen molar-refractivity contribution >= 4 is 17.3 Å². The van der Waals surface area contributed by atoms with Crippen molar-refractivity contribution in [2.24, 2.45) is 5.73 Å². The number of amides is 1. The van der Waals surface area contributed by atoms with Gasteiger partial charge in [-0.15, -0.1) is 0 Å². The largest absolute Gasteiger partial charge is 0.397 e. The van der Waals surface area contributed by atoms with Gasteiger partial charge in [0.2, 0.25) is 5.91 Å². The van der Waals surface area contributed by atoms with Crippen molar-refractivity contribution in [2.75, 3.05) is 43.4 Å². The van der Waals surface area contributed by atoms with Crippen molar-refractivity contribution in [3.05, 3.63) is 23.8 Å². The molecule has 0 aliphatic heterocycles. The second-order valence-electron chi connectivity index (χ2n) is 5.10. The molecule has 21 heavy (non-hydrogen) atoms. The molecule has 0 aliphatic rings. The van der Waals surface area contributed by atoms with E-state index in [4.69, 9.17) is 11.5 Å². The topological polar surface area (TPSA) is 75.6 Å². The molecule has 0 aliphatic carbocycles. The normalized spacial score (nSPS) is 10.9. The lowest BCUT2D eigenvalue weighted by atomic mass is 10.1. The quantitative estimate of drug-likeness (QED) is 0.682. The molecule has 118 valence electrons. The molecule has 5 heteroatoms. The lowest BCUT2D eigenvalue weighted by molar-refractivity contribution is 0.100. The smallest absolute Gasteiger partial charge is 0.248 e. The minimum absolute atomic E-state index is 0.421. The third-order valence-corrected chi connectivity index (χ3v) is 3.83. The van der Waals surface area contributed by atoms with E-state index in [1.54, 1.807) is 18.2 Å². The van der Waals surface area contributed by atoms with E-state index in [-0.39, 0.29) is 0 Å². The van der Waals surface area contributed by atoms with Crippen LogP contribution < -0.4 is 16.4 Å². The molecule has 0 saturated carbocycles. The van der Waals surface area contributed by atoms with Gasteiger partial charge in [-0.3, -0.25) is 4.79 Å². The molecule has 0 saturated heterocycles. The van der Waals surface area contributed by atoms with Gasteiger partial charge in [-0.1, -0.05) is 13.8 Å². The lowest BCUT2D eigenvalue weighted by Crippen LogP contribution is -2.30. The van der Waals surface area contributed by atoms with E-state index < -0.39 is 5.91 Å². The zero-order chi connectivity index (χ0) is 15.8. The summed E-state index contributed by atoms with van der Waals surface area (Å²) in [6.07, 6.45) is 1.07. The van der Waals surface area contributed by atoms with E-state index >= 15 is 0 Å². The Balaban J connectivity index is 2.75. The number of hydrogen-bond acceptors (Lipinski definition) is 4. The van der Waals surface area contributed by atoms with Crippen molar-refractivity contribution < 1.29 is 4.79 Å². The average molecular weight is 292 g/mol. The van der Waals surface area contributed by atoms with E-state index in [0.29, 0.717) is 11.3 Å². The van der Waals surface area contributed by atoms with Gasteiger partial charge in [0.15, 0.2) is 0 Å². The summed E-state index contributed by atoms with van der Waals surface area (Å²) in [5.41, 5.74) is 13.5. The molecule has 0 spiro atoms. The molecular formula is C16H28N4O. The lowest BCUT2D eigenvalue weighted by Gasteiger charge is -2.26. The van der Waals surface area contributed by atoms with Crippen molar-refractivity contribution in [1.82, 2.24) is 4.90 Å². The Morgan fingerprint density at radius 3 is 2.29 bits per heavy atom. The summed E-state index contributed by atoms with van der Waals surface area (Å²) in [6.45, 7) is 11.4. The number of hydrogen-bond donors (Lipinski definition) is 2. The molecule has 0 fully saturated rings. The fraction of sp³-hybridized carbons (Fsp3) is 0.562. The maximum absolute atomic E-state index is 11.3. The molecule has 0 radical (unpaired) electrons. The molecule has 0 bridgehead atoms. The molecule has 0 heterocycles. The summed E-state index contributed by atoms with van der Waals surface area (Å²) in [4.78, 5) is 15.9. The van der Waals surface area contributed by atoms with Gasteiger partial charge >= 0.3 is 0 Å². The van der Waals surface area contributed by atoms with Gasteiger partial charge < -0.3 is 21.3 Å². The first-order valence-corrected chi connectivity index (χ1v) is 7.70. The standard InChI is InChI=1S/C16H28N4O/c1-4-19(5-2)10-7-11-20(6-3)15-12-13(16(18)21)8-9-14(15)17/h8-9,12H,4-7,10-11,17H2,1-3H3,(H2,18,21). The monoisotopic (exact) mass is 292 g/mol. The van der Waals surface area contributed by atoms with Crippen LogP contribution in [0.3, 0.4) is 0 Å². The minimum Gasteiger partial charge on any atom is -0.397 e. The maximum atomic E-state index is 11.3. The highest BCUT2D eigenvalue weighted by Gasteiger charge is 2.11. The fourth-order valence-electron chi connectivity index (χ4n) is 2.44. The third-order valence-electron chi connectivity index (χ3n) is 3.83. The van der Waals surface area contributed by atoms with Crippen molar-refractivity contribution in [3.8, 4) is 0 Å². The van der Waals surface area contributed by atoms with Gasteiger partial charge in [0.05, 0.1) is 11.4 Å². The van der Waals surface area contributed by atoms with E-state index in [1.165, 1.54) is 0 Å². The van der Waals surface area contributed by atoms with Crippen molar-refractivity contribution in [2.45, 2.75) is 27.2 Å². The van der Waals surface area contributed by atoms with Gasteiger partial charge in [-0.05, 0) is 51.2 Å². The Bertz CT molecular complexity index is 458. The molecule has 1 aromatic rings.